The van der Waals surface area contributed by atoms with Crippen LogP contribution in [0.5, 0.6) is 5.75 Å². The molecular weight excluding hydrogens is 620 g/mol. The highest BCUT2D eigenvalue weighted by Gasteiger charge is 2.47. The standard InChI is InChI=1S/C37H59ClO7Si/c1-5-39-23-12-9-18-32-33(34(44-37-20-11-14-25-41-37)27-35(32)45-46(6-2,7-3)8-4)22-21-31(43-36-19-10-13-24-40-36)28-42-30-17-15-16-29(38)26-30/h9,12,15-17,21-22,26,31-37H,5-8,10-11,13-14,18-20,23-25,27-28H2,1-4H3/b12-9-,22-21+/t31-,32-,33-,34-,35+,36?,37?/m1/s1. The second kappa shape index (κ2) is 20.3. The van der Waals surface area contributed by atoms with Crippen molar-refractivity contribution in [1.29, 1.82) is 0 Å². The number of allylic oxidation sites excluding steroid dienone is 1. The van der Waals surface area contributed by atoms with Crippen molar-refractivity contribution >= 4 is 19.9 Å². The van der Waals surface area contributed by atoms with Gasteiger partial charge in [0.2, 0.25) is 0 Å². The summed E-state index contributed by atoms with van der Waals surface area (Å²) in [4.78, 5) is 0. The molecule has 1 saturated carbocycles. The van der Waals surface area contributed by atoms with Crippen molar-refractivity contribution in [3.63, 3.8) is 0 Å². The van der Waals surface area contributed by atoms with Crippen molar-refractivity contribution in [2.45, 2.75) is 128 Å². The molecule has 0 spiro atoms. The summed E-state index contributed by atoms with van der Waals surface area (Å²) in [7, 11) is -1.86. The molecule has 46 heavy (non-hydrogen) atoms. The zero-order valence-corrected chi connectivity index (χ0v) is 30.5. The molecule has 7 atom stereocenters. The Kier molecular flexibility index (Phi) is 16.6. The van der Waals surface area contributed by atoms with Crippen molar-refractivity contribution in [3.05, 3.63) is 53.6 Å². The van der Waals surface area contributed by atoms with Crippen LogP contribution >= 0.6 is 11.6 Å². The Morgan fingerprint density at radius 1 is 0.935 bits per heavy atom. The van der Waals surface area contributed by atoms with Gasteiger partial charge < -0.3 is 32.8 Å². The van der Waals surface area contributed by atoms with Gasteiger partial charge in [-0.15, -0.1) is 0 Å². The van der Waals surface area contributed by atoms with E-state index in [4.69, 9.17) is 44.4 Å². The highest BCUT2D eigenvalue weighted by atomic mass is 35.5. The van der Waals surface area contributed by atoms with Gasteiger partial charge in [-0.2, -0.15) is 0 Å². The molecule has 9 heteroatoms. The highest BCUT2D eigenvalue weighted by molar-refractivity contribution is 6.73. The van der Waals surface area contributed by atoms with E-state index in [2.05, 4.69) is 45.1 Å². The van der Waals surface area contributed by atoms with Crippen LogP contribution < -0.4 is 4.74 Å². The minimum absolute atomic E-state index is 0.00709. The lowest BCUT2D eigenvalue weighted by Crippen LogP contribution is -2.41. The molecule has 0 bridgehead atoms. The van der Waals surface area contributed by atoms with Gasteiger partial charge in [-0.25, -0.2) is 0 Å². The van der Waals surface area contributed by atoms with Gasteiger partial charge in [-0.05, 0) is 101 Å². The second-order valence-electron chi connectivity index (χ2n) is 12.8. The number of ether oxygens (including phenoxy) is 6. The van der Waals surface area contributed by atoms with E-state index in [9.17, 15) is 0 Å². The third-order valence-corrected chi connectivity index (χ3v) is 14.8. The summed E-state index contributed by atoms with van der Waals surface area (Å²) in [5.74, 6) is 1.12. The van der Waals surface area contributed by atoms with E-state index in [1.807, 2.05) is 31.2 Å². The first-order valence-corrected chi connectivity index (χ1v) is 20.9. The Balaban J connectivity index is 1.60. The van der Waals surface area contributed by atoms with Crippen LogP contribution in [0.4, 0.5) is 0 Å². The molecule has 260 valence electrons. The van der Waals surface area contributed by atoms with Crippen molar-refractivity contribution in [1.82, 2.24) is 0 Å². The Morgan fingerprint density at radius 3 is 2.33 bits per heavy atom. The van der Waals surface area contributed by atoms with Crippen LogP contribution in [0.25, 0.3) is 0 Å². The Labute approximate surface area is 284 Å². The largest absolute Gasteiger partial charge is 0.490 e. The van der Waals surface area contributed by atoms with Crippen molar-refractivity contribution in [3.8, 4) is 5.75 Å². The van der Waals surface area contributed by atoms with E-state index in [0.717, 1.165) is 88.5 Å². The lowest BCUT2D eigenvalue weighted by atomic mass is 9.89. The fourth-order valence-electron chi connectivity index (χ4n) is 6.92. The molecule has 2 aliphatic heterocycles. The number of halogens is 1. The molecule has 4 rings (SSSR count). The minimum Gasteiger partial charge on any atom is -0.490 e. The number of hydrogen-bond acceptors (Lipinski definition) is 7. The van der Waals surface area contributed by atoms with Gasteiger partial charge in [0.25, 0.3) is 0 Å². The average Bonchev–Trinajstić information content (AvgIpc) is 3.40. The third kappa shape index (κ3) is 11.7. The van der Waals surface area contributed by atoms with Crippen LogP contribution in [0.3, 0.4) is 0 Å². The van der Waals surface area contributed by atoms with Crippen molar-refractivity contribution < 1.29 is 32.8 Å². The third-order valence-electron chi connectivity index (χ3n) is 9.88. The molecule has 2 unspecified atom stereocenters. The van der Waals surface area contributed by atoms with Gasteiger partial charge in [0.15, 0.2) is 20.9 Å². The summed E-state index contributed by atoms with van der Waals surface area (Å²) in [6, 6.07) is 10.9. The molecule has 3 aliphatic rings. The zero-order chi connectivity index (χ0) is 32.6. The summed E-state index contributed by atoms with van der Waals surface area (Å²) in [6.45, 7) is 12.1. The predicted octanol–water partition coefficient (Wildman–Crippen LogP) is 9.11. The molecule has 0 amide bonds. The average molecular weight is 679 g/mol. The van der Waals surface area contributed by atoms with Crippen LogP contribution in [-0.2, 0) is 28.1 Å². The van der Waals surface area contributed by atoms with E-state index in [1.54, 1.807) is 0 Å². The summed E-state index contributed by atoms with van der Waals surface area (Å²) < 4.78 is 44.5. The lowest BCUT2D eigenvalue weighted by Gasteiger charge is -2.34. The molecular formula is C37H59ClO7Si. The van der Waals surface area contributed by atoms with Gasteiger partial charge >= 0.3 is 0 Å². The van der Waals surface area contributed by atoms with E-state index in [0.29, 0.717) is 24.8 Å². The van der Waals surface area contributed by atoms with Gasteiger partial charge in [0.1, 0.15) is 18.5 Å². The van der Waals surface area contributed by atoms with E-state index in [1.165, 1.54) is 0 Å². The monoisotopic (exact) mass is 678 g/mol. The van der Waals surface area contributed by atoms with Gasteiger partial charge in [0.05, 0.1) is 18.8 Å². The van der Waals surface area contributed by atoms with Crippen LogP contribution in [0, 0.1) is 11.8 Å². The number of benzene rings is 1. The zero-order valence-electron chi connectivity index (χ0n) is 28.7. The summed E-state index contributed by atoms with van der Waals surface area (Å²) >= 11 is 6.24. The van der Waals surface area contributed by atoms with Gasteiger partial charge in [-0.1, -0.05) is 62.7 Å². The van der Waals surface area contributed by atoms with E-state index >= 15 is 0 Å². The quantitative estimate of drug-likeness (QED) is 0.0822. The summed E-state index contributed by atoms with van der Waals surface area (Å²) in [6.07, 6.45) is 16.3. The van der Waals surface area contributed by atoms with Crippen LogP contribution in [-0.4, -0.2) is 72.2 Å². The maximum absolute atomic E-state index is 7.26. The fraction of sp³-hybridized carbons (Fsp3) is 0.730. The topological polar surface area (TPSA) is 64.6 Å². The minimum atomic E-state index is -1.86. The van der Waals surface area contributed by atoms with E-state index in [-0.39, 0.29) is 42.7 Å². The highest BCUT2D eigenvalue weighted by Crippen LogP contribution is 2.43. The summed E-state index contributed by atoms with van der Waals surface area (Å²) in [5.41, 5.74) is 0. The first kappa shape index (κ1) is 37.6. The number of rotatable bonds is 19. The van der Waals surface area contributed by atoms with Crippen molar-refractivity contribution in [2.75, 3.05) is 33.0 Å². The lowest BCUT2D eigenvalue weighted by molar-refractivity contribution is -0.193. The summed E-state index contributed by atoms with van der Waals surface area (Å²) in [5, 5.41) is 0.647. The SMILES string of the molecule is CCOC/C=C\C[C@@H]1[C@@H](/C=C/[C@H](COc2cccc(Cl)c2)OC2CCCCO2)[C@H](OC2CCCCO2)C[C@@H]1O[Si](CC)(CC)CC. The molecule has 2 saturated heterocycles. The molecule has 1 aromatic rings. The molecule has 1 aliphatic carbocycles. The Bertz CT molecular complexity index is 1030. The van der Waals surface area contributed by atoms with Gasteiger partial charge in [0, 0.05) is 30.8 Å². The van der Waals surface area contributed by atoms with Crippen LogP contribution in [0.15, 0.2) is 48.6 Å². The van der Waals surface area contributed by atoms with Crippen LogP contribution in [0.1, 0.15) is 79.1 Å². The molecule has 0 N–H and O–H groups in total. The Hall–Kier alpha value is -1.23. The molecule has 2 heterocycles. The molecule has 0 aromatic heterocycles. The smallest absolute Gasteiger partial charge is 0.192 e. The van der Waals surface area contributed by atoms with Gasteiger partial charge in [-0.3, -0.25) is 0 Å². The first-order chi connectivity index (χ1) is 22.5. The maximum atomic E-state index is 7.26. The molecule has 3 fully saturated rings. The normalized spacial score (nSPS) is 28.3. The second-order valence-corrected chi connectivity index (χ2v) is 18.0. The number of hydrogen-bond donors (Lipinski definition) is 0. The molecule has 7 nitrogen and oxygen atoms in total. The van der Waals surface area contributed by atoms with Crippen molar-refractivity contribution in [2.24, 2.45) is 11.8 Å². The maximum Gasteiger partial charge on any atom is 0.192 e. The molecule has 1 aromatic carbocycles. The first-order valence-electron chi connectivity index (χ1n) is 18.0. The predicted molar refractivity (Wildman–Crippen MR) is 187 cm³/mol. The Morgan fingerprint density at radius 2 is 1.67 bits per heavy atom. The van der Waals surface area contributed by atoms with Crippen LogP contribution in [0.2, 0.25) is 23.2 Å². The molecule has 0 radical (unpaired) electrons. The fourth-order valence-corrected chi connectivity index (χ4v) is 10.0. The van der Waals surface area contributed by atoms with E-state index < -0.39 is 8.32 Å².